The standard InChI is InChI=1S/C24H33N3O5S/c1-24(2,3)20-13-19(18-7-6-10-25-23(18)29)16(12-21(20)32-4)14-26-22(28)15-8-9-17(11-15)27-33(5,30)31/h6-7,10,12-13,15,17,27H,8-9,11,14H2,1-5H3,(H,25,29)(H,26,28)/t15-,17-/m0/s1. The average molecular weight is 476 g/mol. The highest BCUT2D eigenvalue weighted by Crippen LogP contribution is 2.37. The Morgan fingerprint density at radius 3 is 2.55 bits per heavy atom. The summed E-state index contributed by atoms with van der Waals surface area (Å²) in [6.07, 6.45) is 4.43. The maximum Gasteiger partial charge on any atom is 0.255 e. The van der Waals surface area contributed by atoms with Gasteiger partial charge in [-0.2, -0.15) is 0 Å². The van der Waals surface area contributed by atoms with Crippen LogP contribution in [0.1, 0.15) is 51.2 Å². The molecule has 3 N–H and O–H groups in total. The highest BCUT2D eigenvalue weighted by Gasteiger charge is 2.31. The monoisotopic (exact) mass is 475 g/mol. The van der Waals surface area contributed by atoms with Crippen molar-refractivity contribution in [2.75, 3.05) is 13.4 Å². The number of methoxy groups -OCH3 is 1. The molecule has 1 fully saturated rings. The van der Waals surface area contributed by atoms with Crippen LogP contribution in [0.2, 0.25) is 0 Å². The molecule has 1 aliphatic rings. The van der Waals surface area contributed by atoms with E-state index in [2.05, 4.69) is 35.8 Å². The van der Waals surface area contributed by atoms with Crippen molar-refractivity contribution >= 4 is 15.9 Å². The molecule has 1 saturated carbocycles. The van der Waals surface area contributed by atoms with Crippen LogP contribution < -0.4 is 20.3 Å². The van der Waals surface area contributed by atoms with Crippen molar-refractivity contribution in [2.45, 2.75) is 58.0 Å². The van der Waals surface area contributed by atoms with Crippen molar-refractivity contribution in [1.82, 2.24) is 15.0 Å². The highest BCUT2D eigenvalue weighted by molar-refractivity contribution is 7.88. The zero-order valence-electron chi connectivity index (χ0n) is 19.8. The molecule has 0 spiro atoms. The summed E-state index contributed by atoms with van der Waals surface area (Å²) >= 11 is 0. The fourth-order valence-corrected chi connectivity index (χ4v) is 5.18. The Hall–Kier alpha value is -2.65. The van der Waals surface area contributed by atoms with Crippen LogP contribution in [-0.4, -0.2) is 38.7 Å². The molecule has 3 rings (SSSR count). The summed E-state index contributed by atoms with van der Waals surface area (Å²) in [6.45, 7) is 6.45. The van der Waals surface area contributed by atoms with Crippen LogP contribution >= 0.6 is 0 Å². The Kier molecular flexibility index (Phi) is 7.33. The van der Waals surface area contributed by atoms with Gasteiger partial charge in [-0.3, -0.25) is 9.59 Å². The first kappa shape index (κ1) is 25.0. The first-order chi connectivity index (χ1) is 15.4. The Bertz CT molecular complexity index is 1180. The van der Waals surface area contributed by atoms with E-state index in [-0.39, 0.29) is 35.4 Å². The first-order valence-electron chi connectivity index (χ1n) is 11.0. The van der Waals surface area contributed by atoms with Crippen LogP contribution in [0.25, 0.3) is 11.1 Å². The van der Waals surface area contributed by atoms with Gasteiger partial charge in [-0.05, 0) is 60.1 Å². The quantitative estimate of drug-likeness (QED) is 0.569. The van der Waals surface area contributed by atoms with Gasteiger partial charge < -0.3 is 15.0 Å². The van der Waals surface area contributed by atoms with Crippen molar-refractivity contribution in [3.8, 4) is 16.9 Å². The summed E-state index contributed by atoms with van der Waals surface area (Å²) in [5.74, 6) is 0.310. The number of sulfonamides is 1. The van der Waals surface area contributed by atoms with Gasteiger partial charge in [0.25, 0.3) is 5.56 Å². The van der Waals surface area contributed by atoms with E-state index in [1.165, 1.54) is 0 Å². The summed E-state index contributed by atoms with van der Waals surface area (Å²) < 4.78 is 31.2. The molecule has 0 saturated heterocycles. The number of ether oxygens (including phenoxy) is 1. The molecular weight excluding hydrogens is 442 g/mol. The van der Waals surface area contributed by atoms with Gasteiger partial charge in [-0.15, -0.1) is 0 Å². The topological polar surface area (TPSA) is 117 Å². The van der Waals surface area contributed by atoms with E-state index in [0.717, 1.165) is 22.9 Å². The molecule has 0 radical (unpaired) electrons. The predicted octanol–water partition coefficient (Wildman–Crippen LogP) is 2.68. The maximum absolute atomic E-state index is 12.8. The molecule has 1 heterocycles. The number of hydrogen-bond donors (Lipinski definition) is 3. The van der Waals surface area contributed by atoms with Crippen molar-refractivity contribution in [3.63, 3.8) is 0 Å². The number of hydrogen-bond acceptors (Lipinski definition) is 5. The van der Waals surface area contributed by atoms with Crippen LogP contribution in [-0.2, 0) is 26.8 Å². The highest BCUT2D eigenvalue weighted by atomic mass is 32.2. The number of amides is 1. The Morgan fingerprint density at radius 2 is 1.94 bits per heavy atom. The van der Waals surface area contributed by atoms with Gasteiger partial charge in [0.1, 0.15) is 5.75 Å². The summed E-state index contributed by atoms with van der Waals surface area (Å²) in [7, 11) is -1.70. The fraction of sp³-hybridized carbons (Fsp3) is 0.500. The lowest BCUT2D eigenvalue weighted by Gasteiger charge is -2.25. The molecular formula is C24H33N3O5S. The number of aromatic amines is 1. The molecule has 1 aliphatic carbocycles. The van der Waals surface area contributed by atoms with E-state index >= 15 is 0 Å². The molecule has 8 nitrogen and oxygen atoms in total. The lowest BCUT2D eigenvalue weighted by Crippen LogP contribution is -2.34. The number of carbonyl (C=O) groups is 1. The molecule has 2 aromatic rings. The maximum atomic E-state index is 12.8. The molecule has 0 bridgehead atoms. The lowest BCUT2D eigenvalue weighted by atomic mass is 9.83. The first-order valence-corrected chi connectivity index (χ1v) is 12.9. The van der Waals surface area contributed by atoms with E-state index in [4.69, 9.17) is 4.74 Å². The van der Waals surface area contributed by atoms with Crippen LogP contribution in [0.5, 0.6) is 5.75 Å². The largest absolute Gasteiger partial charge is 0.496 e. The van der Waals surface area contributed by atoms with Crippen molar-refractivity contribution in [1.29, 1.82) is 0 Å². The minimum absolute atomic E-state index is 0.125. The van der Waals surface area contributed by atoms with Gasteiger partial charge in [-0.25, -0.2) is 13.1 Å². The third-order valence-corrected chi connectivity index (χ3v) is 6.74. The summed E-state index contributed by atoms with van der Waals surface area (Å²) in [5, 5.41) is 2.98. The van der Waals surface area contributed by atoms with Crippen molar-refractivity contribution in [2.24, 2.45) is 5.92 Å². The second-order valence-corrected chi connectivity index (χ2v) is 11.5. The number of carbonyl (C=O) groups excluding carboxylic acids is 1. The normalized spacial score (nSPS) is 18.8. The van der Waals surface area contributed by atoms with Crippen LogP contribution in [0, 0.1) is 5.92 Å². The van der Waals surface area contributed by atoms with Gasteiger partial charge in [0.15, 0.2) is 0 Å². The third kappa shape index (κ3) is 6.23. The average Bonchev–Trinajstić information content (AvgIpc) is 3.18. The molecule has 9 heteroatoms. The number of pyridine rings is 1. The van der Waals surface area contributed by atoms with E-state index < -0.39 is 10.0 Å². The van der Waals surface area contributed by atoms with Crippen LogP contribution in [0.15, 0.2) is 35.3 Å². The van der Waals surface area contributed by atoms with Crippen molar-refractivity contribution in [3.05, 3.63) is 51.9 Å². The number of benzene rings is 1. The van der Waals surface area contributed by atoms with Gasteiger partial charge in [0.05, 0.1) is 13.4 Å². The lowest BCUT2D eigenvalue weighted by molar-refractivity contribution is -0.125. The van der Waals surface area contributed by atoms with Crippen molar-refractivity contribution < 1.29 is 17.9 Å². The minimum atomic E-state index is -3.30. The van der Waals surface area contributed by atoms with Gasteiger partial charge in [0.2, 0.25) is 15.9 Å². The van der Waals surface area contributed by atoms with E-state index in [9.17, 15) is 18.0 Å². The summed E-state index contributed by atoms with van der Waals surface area (Å²) in [6, 6.07) is 7.16. The minimum Gasteiger partial charge on any atom is -0.496 e. The van der Waals surface area contributed by atoms with E-state index in [1.807, 2.05) is 12.1 Å². The molecule has 1 amide bonds. The smallest absolute Gasteiger partial charge is 0.255 e. The van der Waals surface area contributed by atoms with Crippen LogP contribution in [0.3, 0.4) is 0 Å². The molecule has 1 aromatic heterocycles. The number of H-pyrrole nitrogens is 1. The predicted molar refractivity (Wildman–Crippen MR) is 129 cm³/mol. The number of rotatable bonds is 7. The van der Waals surface area contributed by atoms with Gasteiger partial charge >= 0.3 is 0 Å². The molecule has 1 aromatic carbocycles. The number of nitrogens with one attached hydrogen (secondary N) is 3. The summed E-state index contributed by atoms with van der Waals surface area (Å²) in [4.78, 5) is 28.1. The number of aromatic nitrogens is 1. The third-order valence-electron chi connectivity index (χ3n) is 5.98. The SMILES string of the molecule is COc1cc(CNC(=O)[C@H]2CC[C@H](NS(C)(=O)=O)C2)c(-c2ccc[nH]c2=O)cc1C(C)(C)C. The van der Waals surface area contributed by atoms with E-state index in [1.54, 1.807) is 25.4 Å². The fourth-order valence-electron chi connectivity index (χ4n) is 4.36. The molecule has 0 unspecified atom stereocenters. The molecule has 33 heavy (non-hydrogen) atoms. The molecule has 2 atom stereocenters. The summed E-state index contributed by atoms with van der Waals surface area (Å²) in [5.41, 5.74) is 2.58. The molecule has 0 aliphatic heterocycles. The van der Waals surface area contributed by atoms with E-state index in [0.29, 0.717) is 30.6 Å². The van der Waals surface area contributed by atoms with Gasteiger partial charge in [0, 0.05) is 35.8 Å². The Balaban J connectivity index is 1.87. The Morgan fingerprint density at radius 1 is 1.21 bits per heavy atom. The second kappa shape index (κ2) is 9.69. The molecule has 180 valence electrons. The zero-order chi connectivity index (χ0) is 24.4. The van der Waals surface area contributed by atoms with Crippen LogP contribution in [0.4, 0.5) is 0 Å². The van der Waals surface area contributed by atoms with Gasteiger partial charge in [-0.1, -0.05) is 20.8 Å². The Labute approximate surface area is 195 Å². The second-order valence-electron chi connectivity index (χ2n) is 9.69. The zero-order valence-corrected chi connectivity index (χ0v) is 20.6.